The Morgan fingerprint density at radius 3 is 2.57 bits per heavy atom. The summed E-state index contributed by atoms with van der Waals surface area (Å²) in [4.78, 5) is 24.4. The number of rotatable bonds is 5. The number of amides is 1. The summed E-state index contributed by atoms with van der Waals surface area (Å²) >= 11 is 0. The third-order valence-corrected chi connectivity index (χ3v) is 3.59. The monoisotopic (exact) mass is 314 g/mol. The van der Waals surface area contributed by atoms with Crippen LogP contribution in [0.15, 0.2) is 42.5 Å². The molecule has 0 aliphatic rings. The number of carbonyl (C=O) groups excluding carboxylic acids is 1. The molecule has 0 radical (unpaired) electrons. The van der Waals surface area contributed by atoms with Gasteiger partial charge < -0.3 is 9.64 Å². The van der Waals surface area contributed by atoms with Crippen LogP contribution in [0.2, 0.25) is 0 Å². The number of aryl methyl sites for hydroxylation is 1. The van der Waals surface area contributed by atoms with Gasteiger partial charge in [-0.15, -0.1) is 0 Å². The van der Waals surface area contributed by atoms with Gasteiger partial charge in [0.25, 0.3) is 11.6 Å². The number of hydrogen-bond acceptors (Lipinski definition) is 4. The number of ether oxygens (including phenoxy) is 1. The lowest BCUT2D eigenvalue weighted by molar-refractivity contribution is -0.385. The van der Waals surface area contributed by atoms with E-state index in [-0.39, 0.29) is 11.6 Å². The van der Waals surface area contributed by atoms with Gasteiger partial charge in [0.15, 0.2) is 0 Å². The minimum absolute atomic E-state index is 0.00827. The maximum Gasteiger partial charge on any atom is 0.272 e. The Kier molecular flexibility index (Phi) is 4.95. The molecule has 6 heteroatoms. The fourth-order valence-electron chi connectivity index (χ4n) is 2.37. The zero-order valence-electron chi connectivity index (χ0n) is 13.3. The lowest BCUT2D eigenvalue weighted by Crippen LogP contribution is -2.26. The zero-order valence-corrected chi connectivity index (χ0v) is 13.3. The Balaban J connectivity index is 2.20. The van der Waals surface area contributed by atoms with E-state index in [1.807, 2.05) is 24.3 Å². The topological polar surface area (TPSA) is 72.7 Å². The van der Waals surface area contributed by atoms with Gasteiger partial charge in [-0.05, 0) is 25.1 Å². The van der Waals surface area contributed by atoms with Gasteiger partial charge in [0.2, 0.25) is 0 Å². The number of nitro groups is 1. The average molecular weight is 314 g/mol. The number of nitrogens with zero attached hydrogens (tertiary/aromatic N) is 2. The molecule has 2 rings (SSSR count). The number of benzene rings is 2. The zero-order chi connectivity index (χ0) is 17.0. The summed E-state index contributed by atoms with van der Waals surface area (Å²) in [6, 6.07) is 11.9. The Bertz CT molecular complexity index is 743. The van der Waals surface area contributed by atoms with E-state index >= 15 is 0 Å². The van der Waals surface area contributed by atoms with E-state index in [0.29, 0.717) is 23.4 Å². The number of para-hydroxylation sites is 1. The number of carbonyl (C=O) groups is 1. The second-order valence-electron chi connectivity index (χ2n) is 5.23. The van der Waals surface area contributed by atoms with E-state index in [2.05, 4.69) is 0 Å². The summed E-state index contributed by atoms with van der Waals surface area (Å²) in [5, 5.41) is 10.8. The molecule has 23 heavy (non-hydrogen) atoms. The highest BCUT2D eigenvalue weighted by molar-refractivity contribution is 5.94. The molecule has 0 atom stereocenters. The molecule has 0 aliphatic carbocycles. The molecule has 0 unspecified atom stereocenters. The van der Waals surface area contributed by atoms with Crippen molar-refractivity contribution < 1.29 is 14.5 Å². The summed E-state index contributed by atoms with van der Waals surface area (Å²) in [6.07, 6.45) is 0. The molecule has 2 aromatic carbocycles. The molecule has 0 spiro atoms. The van der Waals surface area contributed by atoms with E-state index < -0.39 is 4.92 Å². The predicted molar refractivity (Wildman–Crippen MR) is 86.6 cm³/mol. The molecule has 0 heterocycles. The second-order valence-corrected chi connectivity index (χ2v) is 5.23. The normalized spacial score (nSPS) is 10.2. The van der Waals surface area contributed by atoms with Gasteiger partial charge in [-0.1, -0.05) is 18.2 Å². The molecule has 1 amide bonds. The van der Waals surface area contributed by atoms with Gasteiger partial charge in [0.05, 0.1) is 12.0 Å². The van der Waals surface area contributed by atoms with E-state index in [9.17, 15) is 14.9 Å². The first-order valence-electron chi connectivity index (χ1n) is 7.06. The molecule has 2 aromatic rings. The van der Waals surface area contributed by atoms with Crippen LogP contribution in [-0.2, 0) is 6.54 Å². The van der Waals surface area contributed by atoms with Crippen molar-refractivity contribution in [3.63, 3.8) is 0 Å². The van der Waals surface area contributed by atoms with Crippen LogP contribution in [0.4, 0.5) is 5.69 Å². The maximum atomic E-state index is 12.5. The van der Waals surface area contributed by atoms with E-state index in [1.54, 1.807) is 32.0 Å². The molecule has 120 valence electrons. The van der Waals surface area contributed by atoms with Gasteiger partial charge >= 0.3 is 0 Å². The van der Waals surface area contributed by atoms with Crippen LogP contribution in [0.1, 0.15) is 21.5 Å². The summed E-state index contributed by atoms with van der Waals surface area (Å²) in [6.45, 7) is 2.01. The average Bonchev–Trinajstić information content (AvgIpc) is 2.54. The van der Waals surface area contributed by atoms with Crippen molar-refractivity contribution in [3.8, 4) is 5.75 Å². The Labute approximate surface area is 134 Å². The number of nitro benzene ring substituents is 1. The summed E-state index contributed by atoms with van der Waals surface area (Å²) in [5.74, 6) is 0.515. The summed E-state index contributed by atoms with van der Waals surface area (Å²) in [5.41, 5.74) is 1.79. The Hall–Kier alpha value is -2.89. The van der Waals surface area contributed by atoms with E-state index in [1.165, 1.54) is 12.1 Å². The molecule has 0 aliphatic heterocycles. The highest BCUT2D eigenvalue weighted by Gasteiger charge is 2.17. The van der Waals surface area contributed by atoms with Gasteiger partial charge in [0, 0.05) is 36.3 Å². The molecule has 6 nitrogen and oxygen atoms in total. The van der Waals surface area contributed by atoms with Gasteiger partial charge in [0.1, 0.15) is 5.75 Å². The first kappa shape index (κ1) is 16.5. The van der Waals surface area contributed by atoms with Crippen LogP contribution in [-0.4, -0.2) is 29.9 Å². The second kappa shape index (κ2) is 6.91. The molecule has 0 N–H and O–H groups in total. The summed E-state index contributed by atoms with van der Waals surface area (Å²) < 4.78 is 5.28. The van der Waals surface area contributed by atoms with Crippen molar-refractivity contribution in [2.75, 3.05) is 14.2 Å². The minimum Gasteiger partial charge on any atom is -0.496 e. The van der Waals surface area contributed by atoms with Crippen molar-refractivity contribution in [1.82, 2.24) is 4.90 Å². The van der Waals surface area contributed by atoms with Crippen LogP contribution in [0, 0.1) is 17.0 Å². The van der Waals surface area contributed by atoms with Crippen molar-refractivity contribution in [2.24, 2.45) is 0 Å². The van der Waals surface area contributed by atoms with Crippen LogP contribution in [0.5, 0.6) is 5.75 Å². The van der Waals surface area contributed by atoms with E-state index in [4.69, 9.17) is 4.74 Å². The first-order chi connectivity index (χ1) is 10.9. The molecular weight excluding hydrogens is 296 g/mol. The smallest absolute Gasteiger partial charge is 0.272 e. The molecule has 0 bridgehead atoms. The number of methoxy groups -OCH3 is 1. The third kappa shape index (κ3) is 3.66. The van der Waals surface area contributed by atoms with Crippen LogP contribution >= 0.6 is 0 Å². The fourth-order valence-corrected chi connectivity index (χ4v) is 2.37. The minimum atomic E-state index is -0.456. The van der Waals surface area contributed by atoms with Crippen molar-refractivity contribution in [2.45, 2.75) is 13.5 Å². The quantitative estimate of drug-likeness (QED) is 0.627. The number of hydrogen-bond donors (Lipinski definition) is 0. The molecular formula is C17H18N2O4. The molecule has 0 fully saturated rings. The van der Waals surface area contributed by atoms with Crippen molar-refractivity contribution in [1.29, 1.82) is 0 Å². The maximum absolute atomic E-state index is 12.5. The molecule has 0 saturated carbocycles. The van der Waals surface area contributed by atoms with Gasteiger partial charge in [-0.25, -0.2) is 0 Å². The van der Waals surface area contributed by atoms with Gasteiger partial charge in [-0.2, -0.15) is 0 Å². The van der Waals surface area contributed by atoms with Crippen molar-refractivity contribution in [3.05, 3.63) is 69.3 Å². The largest absolute Gasteiger partial charge is 0.496 e. The highest BCUT2D eigenvalue weighted by Crippen LogP contribution is 2.22. The first-order valence-corrected chi connectivity index (χ1v) is 7.06. The highest BCUT2D eigenvalue weighted by atomic mass is 16.6. The van der Waals surface area contributed by atoms with Crippen LogP contribution in [0.3, 0.4) is 0 Å². The van der Waals surface area contributed by atoms with Gasteiger partial charge in [-0.3, -0.25) is 14.9 Å². The predicted octanol–water partition coefficient (Wildman–Crippen LogP) is 3.18. The molecule has 0 aromatic heterocycles. The third-order valence-electron chi connectivity index (χ3n) is 3.59. The SMILES string of the molecule is COc1ccccc1CN(C)C(=O)c1ccc([N+](=O)[O-])c(C)c1. The Morgan fingerprint density at radius 1 is 1.26 bits per heavy atom. The molecule has 0 saturated heterocycles. The summed E-state index contributed by atoms with van der Waals surface area (Å²) in [7, 11) is 3.27. The lowest BCUT2D eigenvalue weighted by Gasteiger charge is -2.19. The lowest BCUT2D eigenvalue weighted by atomic mass is 10.1. The van der Waals surface area contributed by atoms with E-state index in [0.717, 1.165) is 5.56 Å². The fraction of sp³-hybridized carbons (Fsp3) is 0.235. The van der Waals surface area contributed by atoms with Crippen LogP contribution in [0.25, 0.3) is 0 Å². The van der Waals surface area contributed by atoms with Crippen LogP contribution < -0.4 is 4.74 Å². The Morgan fingerprint density at radius 2 is 1.96 bits per heavy atom. The standard InChI is InChI=1S/C17H18N2O4/c1-12-10-13(8-9-15(12)19(21)22)17(20)18(2)11-14-6-4-5-7-16(14)23-3/h4-10H,11H2,1-3H3. The van der Waals surface area contributed by atoms with Crippen molar-refractivity contribution >= 4 is 11.6 Å².